The SMILES string of the molecule is Cc1cccc(OCCN2CCC[C@H](c3nnc4n3CCC4)C2)c1. The predicted octanol–water partition coefficient (Wildman–Crippen LogP) is 2.79. The van der Waals surface area contributed by atoms with Crippen LogP contribution in [0.25, 0.3) is 0 Å². The number of piperidine rings is 1. The topological polar surface area (TPSA) is 43.2 Å². The summed E-state index contributed by atoms with van der Waals surface area (Å²) in [5.74, 6) is 3.90. The van der Waals surface area contributed by atoms with E-state index in [1.165, 1.54) is 36.5 Å². The van der Waals surface area contributed by atoms with Gasteiger partial charge in [-0.25, -0.2) is 0 Å². The van der Waals surface area contributed by atoms with Crippen LogP contribution in [0.3, 0.4) is 0 Å². The third-order valence-corrected chi connectivity index (χ3v) is 5.17. The molecule has 2 aromatic rings. The lowest BCUT2D eigenvalue weighted by Crippen LogP contribution is -2.37. The van der Waals surface area contributed by atoms with Gasteiger partial charge in [-0.05, 0) is 50.4 Å². The molecule has 0 spiro atoms. The van der Waals surface area contributed by atoms with Gasteiger partial charge >= 0.3 is 0 Å². The molecule has 0 saturated carbocycles. The molecule has 128 valence electrons. The Hall–Kier alpha value is -1.88. The lowest BCUT2D eigenvalue weighted by atomic mass is 9.97. The van der Waals surface area contributed by atoms with Gasteiger partial charge in [-0.3, -0.25) is 4.90 Å². The Morgan fingerprint density at radius 2 is 2.17 bits per heavy atom. The highest BCUT2D eigenvalue weighted by atomic mass is 16.5. The monoisotopic (exact) mass is 326 g/mol. The zero-order valence-corrected chi connectivity index (χ0v) is 14.4. The van der Waals surface area contributed by atoms with Crippen LogP contribution in [0, 0.1) is 6.92 Å². The minimum Gasteiger partial charge on any atom is -0.492 e. The number of hydrogen-bond acceptors (Lipinski definition) is 4. The van der Waals surface area contributed by atoms with E-state index in [4.69, 9.17) is 4.74 Å². The summed E-state index contributed by atoms with van der Waals surface area (Å²) in [5, 5.41) is 8.87. The first-order valence-electron chi connectivity index (χ1n) is 9.13. The second-order valence-corrected chi connectivity index (χ2v) is 7.03. The number of hydrogen-bond donors (Lipinski definition) is 0. The fourth-order valence-corrected chi connectivity index (χ4v) is 3.94. The van der Waals surface area contributed by atoms with Crippen LogP contribution in [0.5, 0.6) is 5.75 Å². The summed E-state index contributed by atoms with van der Waals surface area (Å²) in [5.41, 5.74) is 1.24. The van der Waals surface area contributed by atoms with Gasteiger partial charge in [-0.15, -0.1) is 10.2 Å². The van der Waals surface area contributed by atoms with Crippen LogP contribution < -0.4 is 4.74 Å². The van der Waals surface area contributed by atoms with Gasteiger partial charge in [0.05, 0.1) is 0 Å². The largest absolute Gasteiger partial charge is 0.492 e. The molecule has 24 heavy (non-hydrogen) atoms. The highest BCUT2D eigenvalue weighted by Crippen LogP contribution is 2.28. The first-order chi connectivity index (χ1) is 11.8. The number of aromatic nitrogens is 3. The summed E-state index contributed by atoms with van der Waals surface area (Å²) >= 11 is 0. The first-order valence-corrected chi connectivity index (χ1v) is 9.13. The molecule has 5 nitrogen and oxygen atoms in total. The molecule has 5 heteroatoms. The molecule has 4 rings (SSSR count). The van der Waals surface area contributed by atoms with Crippen molar-refractivity contribution < 1.29 is 4.74 Å². The summed E-state index contributed by atoms with van der Waals surface area (Å²) in [7, 11) is 0. The third kappa shape index (κ3) is 3.31. The van der Waals surface area contributed by atoms with Crippen LogP contribution in [-0.2, 0) is 13.0 Å². The number of likely N-dealkylation sites (tertiary alicyclic amines) is 1. The van der Waals surface area contributed by atoms with Crippen LogP contribution in [0.1, 0.15) is 42.4 Å². The summed E-state index contributed by atoms with van der Waals surface area (Å²) in [6.07, 6.45) is 4.77. The Balaban J connectivity index is 1.32. The maximum Gasteiger partial charge on any atom is 0.137 e. The van der Waals surface area contributed by atoms with Crippen molar-refractivity contribution >= 4 is 0 Å². The molecule has 0 unspecified atom stereocenters. The van der Waals surface area contributed by atoms with Gasteiger partial charge in [0.15, 0.2) is 0 Å². The number of fused-ring (bicyclic) bond motifs is 1. The molecule has 0 N–H and O–H groups in total. The van der Waals surface area contributed by atoms with Crippen molar-refractivity contribution in [3.8, 4) is 5.75 Å². The van der Waals surface area contributed by atoms with Gasteiger partial charge in [0.25, 0.3) is 0 Å². The normalized spacial score (nSPS) is 21.0. The molecule has 0 aliphatic carbocycles. The average Bonchev–Trinajstić information content (AvgIpc) is 3.18. The van der Waals surface area contributed by atoms with Crippen LogP contribution >= 0.6 is 0 Å². The van der Waals surface area contributed by atoms with E-state index in [9.17, 15) is 0 Å². The molecule has 1 fully saturated rings. The van der Waals surface area contributed by atoms with Crippen molar-refractivity contribution in [1.29, 1.82) is 0 Å². The summed E-state index contributed by atoms with van der Waals surface area (Å²) in [6.45, 7) is 7.16. The molecule has 1 aromatic heterocycles. The van der Waals surface area contributed by atoms with E-state index >= 15 is 0 Å². The second kappa shape index (κ2) is 6.93. The van der Waals surface area contributed by atoms with Crippen LogP contribution in [-0.4, -0.2) is 45.9 Å². The fraction of sp³-hybridized carbons (Fsp3) is 0.579. The zero-order valence-electron chi connectivity index (χ0n) is 14.4. The van der Waals surface area contributed by atoms with E-state index in [1.807, 2.05) is 12.1 Å². The van der Waals surface area contributed by atoms with Gasteiger partial charge in [0.2, 0.25) is 0 Å². The smallest absolute Gasteiger partial charge is 0.137 e. The zero-order chi connectivity index (χ0) is 16.4. The van der Waals surface area contributed by atoms with E-state index in [0.717, 1.165) is 45.0 Å². The summed E-state index contributed by atoms with van der Waals surface area (Å²) in [6, 6.07) is 8.27. The quantitative estimate of drug-likeness (QED) is 0.847. The molecule has 1 atom stereocenters. The number of benzene rings is 1. The molecule has 2 aliphatic heterocycles. The van der Waals surface area contributed by atoms with Crippen molar-refractivity contribution in [2.24, 2.45) is 0 Å². The van der Waals surface area contributed by atoms with Crippen LogP contribution in [0.2, 0.25) is 0 Å². The minimum atomic E-state index is 0.525. The maximum absolute atomic E-state index is 5.91. The molecule has 0 bridgehead atoms. The van der Waals surface area contributed by atoms with Crippen LogP contribution in [0.15, 0.2) is 24.3 Å². The van der Waals surface area contributed by atoms with E-state index in [-0.39, 0.29) is 0 Å². The van der Waals surface area contributed by atoms with Gasteiger partial charge in [0.1, 0.15) is 24.0 Å². The van der Waals surface area contributed by atoms with Crippen molar-refractivity contribution in [1.82, 2.24) is 19.7 Å². The number of rotatable bonds is 5. The molecule has 1 aromatic carbocycles. The Bertz CT molecular complexity index is 696. The highest BCUT2D eigenvalue weighted by Gasteiger charge is 2.28. The predicted molar refractivity (Wildman–Crippen MR) is 93.4 cm³/mol. The molecule has 0 amide bonds. The van der Waals surface area contributed by atoms with Gasteiger partial charge in [0, 0.05) is 32.0 Å². The third-order valence-electron chi connectivity index (χ3n) is 5.17. The lowest BCUT2D eigenvalue weighted by Gasteiger charge is -2.32. The summed E-state index contributed by atoms with van der Waals surface area (Å²) in [4.78, 5) is 2.51. The molecular weight excluding hydrogens is 300 g/mol. The molecule has 3 heterocycles. The average molecular weight is 326 g/mol. The van der Waals surface area contributed by atoms with E-state index in [1.54, 1.807) is 0 Å². The molecule has 1 saturated heterocycles. The molecule has 2 aliphatic rings. The van der Waals surface area contributed by atoms with E-state index in [2.05, 4.69) is 38.7 Å². The Morgan fingerprint density at radius 1 is 1.21 bits per heavy atom. The van der Waals surface area contributed by atoms with E-state index in [0.29, 0.717) is 5.92 Å². The standard InChI is InChI=1S/C19H26N4O/c1-15-5-2-7-17(13-15)24-12-11-22-9-3-6-16(14-22)19-21-20-18-8-4-10-23(18)19/h2,5,7,13,16H,3-4,6,8-12,14H2,1H3/t16-/m0/s1. The Kier molecular flexibility index (Phi) is 4.52. The maximum atomic E-state index is 5.91. The van der Waals surface area contributed by atoms with Gasteiger partial charge in [-0.1, -0.05) is 12.1 Å². The minimum absolute atomic E-state index is 0.525. The first kappa shape index (κ1) is 15.6. The highest BCUT2D eigenvalue weighted by molar-refractivity contribution is 5.27. The van der Waals surface area contributed by atoms with Crippen molar-refractivity contribution in [3.63, 3.8) is 0 Å². The van der Waals surface area contributed by atoms with E-state index < -0.39 is 0 Å². The number of nitrogens with zero attached hydrogens (tertiary/aromatic N) is 4. The van der Waals surface area contributed by atoms with Crippen molar-refractivity contribution in [2.75, 3.05) is 26.2 Å². The lowest BCUT2D eigenvalue weighted by molar-refractivity contribution is 0.166. The second-order valence-electron chi connectivity index (χ2n) is 7.03. The molecular formula is C19H26N4O. The van der Waals surface area contributed by atoms with Crippen molar-refractivity contribution in [2.45, 2.75) is 45.1 Å². The van der Waals surface area contributed by atoms with Crippen LogP contribution in [0.4, 0.5) is 0 Å². The Labute approximate surface area is 143 Å². The van der Waals surface area contributed by atoms with Gasteiger partial charge < -0.3 is 9.30 Å². The number of ether oxygens (including phenoxy) is 1. The van der Waals surface area contributed by atoms with Crippen molar-refractivity contribution in [3.05, 3.63) is 41.5 Å². The number of aryl methyl sites for hydroxylation is 2. The fourth-order valence-electron chi connectivity index (χ4n) is 3.94. The van der Waals surface area contributed by atoms with Gasteiger partial charge in [-0.2, -0.15) is 0 Å². The Morgan fingerprint density at radius 3 is 3.08 bits per heavy atom. The molecule has 0 radical (unpaired) electrons. The summed E-state index contributed by atoms with van der Waals surface area (Å²) < 4.78 is 8.27.